The molecule has 4 heteroatoms. The molecule has 0 aromatic rings. The Morgan fingerprint density at radius 3 is 2.90 bits per heavy atom. The molecule has 0 radical (unpaired) electrons. The van der Waals surface area contributed by atoms with E-state index in [1.807, 2.05) is 0 Å². The average molecular weight is 162 g/mol. The Bertz CT molecular complexity index is 392. The smallest absolute Gasteiger partial charge is 0.316 e. The molecule has 1 rings (SSSR count). The van der Waals surface area contributed by atoms with Crippen LogP contribution >= 0.6 is 0 Å². The summed E-state index contributed by atoms with van der Waals surface area (Å²) in [5, 5.41) is 1.29. The molecule has 0 amide bonds. The van der Waals surface area contributed by atoms with E-state index in [4.69, 9.17) is 12.3 Å². The van der Waals surface area contributed by atoms with Crippen molar-refractivity contribution >= 4 is 0 Å². The van der Waals surface area contributed by atoms with Gasteiger partial charge in [-0.2, -0.15) is 13.2 Å². The van der Waals surface area contributed by atoms with Crippen LogP contribution in [0.5, 0.6) is 0 Å². The van der Waals surface area contributed by atoms with Crippen LogP contribution in [0.4, 0.5) is 13.2 Å². The number of halogens is 3. The highest BCUT2D eigenvalue weighted by Gasteiger charge is 2.32. The first-order chi connectivity index (χ1) is 7.96. The normalized spacial score (nSPS) is 64.5. The maximum atomic E-state index is 12.7. The van der Waals surface area contributed by atoms with Gasteiger partial charge in [0.1, 0.15) is 0 Å². The molecular formula is C6H10F3N. The third-order valence-electron chi connectivity index (χ3n) is 0.704. The van der Waals surface area contributed by atoms with E-state index in [1.165, 1.54) is 5.32 Å². The van der Waals surface area contributed by atoms with Crippen molar-refractivity contribution in [2.24, 2.45) is 5.89 Å². The lowest BCUT2D eigenvalue weighted by Crippen LogP contribution is -2.17. The Balaban J connectivity index is 3.61. The van der Waals surface area contributed by atoms with Gasteiger partial charge in [-0.3, -0.25) is 0 Å². The van der Waals surface area contributed by atoms with Crippen molar-refractivity contribution in [2.45, 2.75) is 18.9 Å². The standard InChI is InChI=1S/C6H10F3N/c7-6(8,9)3-5-1-2-10-4-5/h5,10H,1-4H2/i1D2,2D2,3D2,4D2,5D. The fourth-order valence-electron chi connectivity index (χ4n) is 0.423. The summed E-state index contributed by atoms with van der Waals surface area (Å²) in [6.45, 7) is -6.91. The molecule has 0 spiro atoms. The van der Waals surface area contributed by atoms with Crippen LogP contribution in [0.25, 0.3) is 0 Å². The highest BCUT2D eigenvalue weighted by atomic mass is 19.4. The van der Waals surface area contributed by atoms with Gasteiger partial charge in [-0.1, -0.05) is 0 Å². The second-order valence-corrected chi connectivity index (χ2v) is 1.50. The monoisotopic (exact) mass is 162 g/mol. The molecule has 0 saturated carbocycles. The number of alkyl halides is 3. The van der Waals surface area contributed by atoms with Gasteiger partial charge in [0.25, 0.3) is 0 Å². The summed E-state index contributed by atoms with van der Waals surface area (Å²) < 4.78 is 103. The largest absolute Gasteiger partial charge is 0.389 e. The lowest BCUT2D eigenvalue weighted by atomic mass is 10.1. The average Bonchev–Trinajstić information content (AvgIpc) is 2.19. The second kappa shape index (κ2) is 2.78. The molecule has 1 unspecified atom stereocenters. The Morgan fingerprint density at radius 2 is 2.50 bits per heavy atom. The summed E-state index contributed by atoms with van der Waals surface area (Å²) in [6.07, 6.45) is -14.1. The van der Waals surface area contributed by atoms with Gasteiger partial charge in [0.15, 0.2) is 0 Å². The first kappa shape index (κ1) is 2.12. The van der Waals surface area contributed by atoms with Gasteiger partial charge in [0.2, 0.25) is 0 Å². The quantitative estimate of drug-likeness (QED) is 0.616. The van der Waals surface area contributed by atoms with E-state index in [2.05, 4.69) is 0 Å². The van der Waals surface area contributed by atoms with Crippen LogP contribution in [0.15, 0.2) is 0 Å². The number of hydrogen-bond donors (Lipinski definition) is 1. The SMILES string of the molecule is [2H]C1([2H])NC([2H])([2H])C([2H])(C([2H])([2H])C(F)(F)F)C1([2H])[2H]. The molecule has 1 aliphatic heterocycles. The summed E-state index contributed by atoms with van der Waals surface area (Å²) in [4.78, 5) is 0. The Hall–Kier alpha value is -0.250. The third-order valence-corrected chi connectivity index (χ3v) is 0.704. The number of rotatable bonds is 1. The van der Waals surface area contributed by atoms with Crippen molar-refractivity contribution in [2.75, 3.05) is 13.0 Å². The van der Waals surface area contributed by atoms with Gasteiger partial charge in [-0.15, -0.1) is 0 Å². The van der Waals surface area contributed by atoms with Crippen molar-refractivity contribution < 1.29 is 25.5 Å². The fourth-order valence-corrected chi connectivity index (χ4v) is 0.423. The predicted molar refractivity (Wildman–Crippen MR) is 31.6 cm³/mol. The maximum absolute atomic E-state index is 12.7. The van der Waals surface area contributed by atoms with Gasteiger partial charge in [-0.05, 0) is 25.3 Å². The van der Waals surface area contributed by atoms with Crippen LogP contribution in [0.2, 0.25) is 0 Å². The van der Waals surface area contributed by atoms with Gasteiger partial charge in [-0.25, -0.2) is 0 Å². The van der Waals surface area contributed by atoms with E-state index in [0.717, 1.165) is 0 Å². The summed E-state index contributed by atoms with van der Waals surface area (Å²) in [5.41, 5.74) is 0. The Kier molecular flexibility index (Phi) is 0.590. The summed E-state index contributed by atoms with van der Waals surface area (Å²) in [6, 6.07) is 0. The van der Waals surface area contributed by atoms with Crippen molar-refractivity contribution in [1.82, 2.24) is 5.32 Å². The second-order valence-electron chi connectivity index (χ2n) is 1.50. The topological polar surface area (TPSA) is 12.0 Å². The molecule has 0 aromatic heterocycles. The molecule has 60 valence electrons. The molecule has 1 heterocycles. The summed E-state index contributed by atoms with van der Waals surface area (Å²) in [7, 11) is 0. The van der Waals surface area contributed by atoms with Crippen LogP contribution in [0.3, 0.4) is 0 Å². The Morgan fingerprint density at radius 1 is 1.80 bits per heavy atom. The van der Waals surface area contributed by atoms with Gasteiger partial charge >= 0.3 is 6.18 Å². The minimum Gasteiger partial charge on any atom is -0.316 e. The zero-order valence-electron chi connectivity index (χ0n) is 13.6. The molecular weight excluding hydrogens is 143 g/mol. The minimum atomic E-state index is -5.74. The molecule has 0 aliphatic carbocycles. The zero-order valence-corrected chi connectivity index (χ0v) is 4.63. The van der Waals surface area contributed by atoms with E-state index in [1.54, 1.807) is 0 Å². The zero-order chi connectivity index (χ0) is 15.7. The number of nitrogens with one attached hydrogen (secondary N) is 1. The van der Waals surface area contributed by atoms with Crippen LogP contribution in [-0.4, -0.2) is 19.2 Å². The maximum Gasteiger partial charge on any atom is 0.389 e. The van der Waals surface area contributed by atoms with E-state index < -0.39 is 37.8 Å². The van der Waals surface area contributed by atoms with E-state index in [9.17, 15) is 13.2 Å². The highest BCUT2D eigenvalue weighted by molar-refractivity contribution is 4.73. The molecule has 0 bridgehead atoms. The van der Waals surface area contributed by atoms with Crippen molar-refractivity contribution in [1.29, 1.82) is 0 Å². The predicted octanol–water partition coefficient (Wildman–Crippen LogP) is 1.55. The van der Waals surface area contributed by atoms with Crippen LogP contribution in [0.1, 0.15) is 25.1 Å². The highest BCUT2D eigenvalue weighted by Crippen LogP contribution is 2.27. The molecule has 1 atom stereocenters. The van der Waals surface area contributed by atoms with Gasteiger partial charge in [0, 0.05) is 18.7 Å². The molecule has 1 N–H and O–H groups in total. The summed E-state index contributed by atoms with van der Waals surface area (Å²) >= 11 is 0. The van der Waals surface area contributed by atoms with E-state index in [-0.39, 0.29) is 0 Å². The number of hydrogen-bond acceptors (Lipinski definition) is 1. The van der Waals surface area contributed by atoms with Crippen molar-refractivity contribution in [3.63, 3.8) is 0 Å². The van der Waals surface area contributed by atoms with Crippen LogP contribution < -0.4 is 5.32 Å². The van der Waals surface area contributed by atoms with Gasteiger partial charge in [0.05, 0.1) is 0 Å². The van der Waals surface area contributed by atoms with Crippen molar-refractivity contribution in [3.05, 3.63) is 0 Å². The lowest BCUT2D eigenvalue weighted by molar-refractivity contribution is -0.143. The molecule has 10 heavy (non-hydrogen) atoms. The fraction of sp³-hybridized carbons (Fsp3) is 1.00. The van der Waals surface area contributed by atoms with Gasteiger partial charge < -0.3 is 5.32 Å². The third kappa shape index (κ3) is 2.56. The molecule has 1 saturated heterocycles. The molecule has 1 fully saturated rings. The van der Waals surface area contributed by atoms with Crippen molar-refractivity contribution in [3.8, 4) is 0 Å². The van der Waals surface area contributed by atoms with Crippen LogP contribution in [0, 0.1) is 5.89 Å². The van der Waals surface area contributed by atoms with E-state index in [0.29, 0.717) is 0 Å². The first-order valence-corrected chi connectivity index (χ1v) is 2.32. The molecule has 1 aliphatic rings. The molecule has 1 nitrogen and oxygen atoms in total. The lowest BCUT2D eigenvalue weighted by Gasteiger charge is -2.10. The van der Waals surface area contributed by atoms with Crippen LogP contribution in [-0.2, 0) is 0 Å². The first-order valence-electron chi connectivity index (χ1n) is 6.82. The molecule has 0 aromatic carbocycles. The minimum absolute atomic E-state index is 1.29. The Labute approximate surface area is 70.2 Å². The van der Waals surface area contributed by atoms with E-state index >= 15 is 0 Å². The summed E-state index contributed by atoms with van der Waals surface area (Å²) in [5.74, 6) is -4.06.